The Labute approximate surface area is 272 Å². The molecular formula is C24H52Na2O9S2. The van der Waals surface area contributed by atoms with E-state index in [0.717, 1.165) is 13.2 Å². The summed E-state index contributed by atoms with van der Waals surface area (Å²) in [5.41, 5.74) is 0. The first-order chi connectivity index (χ1) is 16.4. The number of ether oxygens (including phenoxy) is 1. The maximum Gasteiger partial charge on any atom is 1.00 e. The second-order valence-electron chi connectivity index (χ2n) is 8.83. The SMILES string of the molecule is CCCCCCCCCCCCOCCCCCCCCCCCC.O=S(=O)(O)O.O=S(=O)([O-])[O-].[Na+].[Na+]. The van der Waals surface area contributed by atoms with Gasteiger partial charge >= 0.3 is 69.5 Å². The van der Waals surface area contributed by atoms with Gasteiger partial charge in [0.05, 0.1) is 0 Å². The number of unbranched alkanes of at least 4 members (excludes halogenated alkanes) is 18. The molecule has 0 rings (SSSR count). The van der Waals surface area contributed by atoms with Crippen LogP contribution in [0.1, 0.15) is 142 Å². The van der Waals surface area contributed by atoms with E-state index in [9.17, 15) is 0 Å². The summed E-state index contributed by atoms with van der Waals surface area (Å²) in [6.07, 6.45) is 28.2. The maximum absolute atomic E-state index is 8.74. The van der Waals surface area contributed by atoms with Gasteiger partial charge in [-0.05, 0) is 12.8 Å². The van der Waals surface area contributed by atoms with Crippen molar-refractivity contribution >= 4 is 20.8 Å². The third kappa shape index (κ3) is 85.5. The van der Waals surface area contributed by atoms with E-state index in [2.05, 4.69) is 13.8 Å². The standard InChI is InChI=1S/C24H50O.2Na.2H2O4S/c1-3-5-7-9-11-13-15-17-19-21-23-25-24-22-20-18-16-14-12-10-8-6-4-2;;;2*1-5(2,3)4/h3-24H2,1-2H3;;;2*(H2,1,2,3,4)/q;2*+1;;/p-2. The van der Waals surface area contributed by atoms with E-state index >= 15 is 0 Å². The van der Waals surface area contributed by atoms with Crippen molar-refractivity contribution in [1.82, 2.24) is 0 Å². The molecule has 0 aromatic carbocycles. The zero-order valence-corrected chi connectivity index (χ0v) is 29.8. The quantitative estimate of drug-likeness (QED) is 0.0801. The van der Waals surface area contributed by atoms with E-state index in [-0.39, 0.29) is 59.1 Å². The smallest absolute Gasteiger partial charge is 0.759 e. The van der Waals surface area contributed by atoms with E-state index in [1.807, 2.05) is 0 Å². The zero-order chi connectivity index (χ0) is 27.3. The van der Waals surface area contributed by atoms with Gasteiger partial charge in [0.25, 0.3) is 0 Å². The fourth-order valence-corrected chi connectivity index (χ4v) is 3.49. The Hall–Kier alpha value is 1.70. The van der Waals surface area contributed by atoms with Crippen molar-refractivity contribution in [3.63, 3.8) is 0 Å². The van der Waals surface area contributed by atoms with Crippen molar-refractivity contribution in [2.75, 3.05) is 13.2 Å². The van der Waals surface area contributed by atoms with Gasteiger partial charge in [-0.25, -0.2) is 0 Å². The van der Waals surface area contributed by atoms with Crippen LogP contribution < -0.4 is 59.1 Å². The number of hydrogen-bond donors (Lipinski definition) is 2. The monoisotopic (exact) mass is 594 g/mol. The van der Waals surface area contributed by atoms with Crippen LogP contribution in [0, 0.1) is 0 Å². The first-order valence-corrected chi connectivity index (χ1v) is 16.1. The van der Waals surface area contributed by atoms with Gasteiger partial charge in [-0.2, -0.15) is 8.42 Å². The van der Waals surface area contributed by atoms with Gasteiger partial charge in [-0.1, -0.05) is 129 Å². The van der Waals surface area contributed by atoms with Gasteiger partial charge in [0.1, 0.15) is 0 Å². The topological polar surface area (TPSA) is 164 Å². The Morgan fingerprint density at radius 1 is 0.486 bits per heavy atom. The summed E-state index contributed by atoms with van der Waals surface area (Å²) in [5.74, 6) is 0. The molecule has 13 heteroatoms. The van der Waals surface area contributed by atoms with Crippen molar-refractivity contribution in [1.29, 1.82) is 0 Å². The molecule has 0 aliphatic rings. The Morgan fingerprint density at radius 2 is 0.649 bits per heavy atom. The molecule has 0 bridgehead atoms. The van der Waals surface area contributed by atoms with Crippen LogP contribution in [0.25, 0.3) is 0 Å². The van der Waals surface area contributed by atoms with E-state index < -0.39 is 20.8 Å². The van der Waals surface area contributed by atoms with Crippen molar-refractivity contribution in [3.05, 3.63) is 0 Å². The Bertz CT molecular complexity index is 537. The minimum absolute atomic E-state index is 0. The number of hydrogen-bond acceptors (Lipinski definition) is 7. The molecule has 0 amide bonds. The van der Waals surface area contributed by atoms with Crippen LogP contribution in [0.3, 0.4) is 0 Å². The van der Waals surface area contributed by atoms with Crippen LogP contribution in [-0.2, 0) is 25.5 Å². The zero-order valence-electron chi connectivity index (χ0n) is 24.1. The molecule has 0 aliphatic heterocycles. The summed E-state index contributed by atoms with van der Waals surface area (Å²) in [6.45, 7) is 6.57. The molecule has 0 aliphatic carbocycles. The minimum atomic E-state index is -5.17. The molecule has 9 nitrogen and oxygen atoms in total. The summed E-state index contributed by atoms with van der Waals surface area (Å²) < 4.78 is 71.4. The molecule has 0 heterocycles. The fraction of sp³-hybridized carbons (Fsp3) is 1.00. The Kier molecular flexibility index (Phi) is 49.3. The average molecular weight is 595 g/mol. The van der Waals surface area contributed by atoms with Crippen molar-refractivity contribution in [3.8, 4) is 0 Å². The predicted octanol–water partition coefficient (Wildman–Crippen LogP) is 0.862. The van der Waals surface area contributed by atoms with Crippen molar-refractivity contribution < 1.29 is 98.9 Å². The molecular weight excluding hydrogens is 542 g/mol. The molecule has 0 unspecified atom stereocenters. The van der Waals surface area contributed by atoms with E-state index in [4.69, 9.17) is 39.8 Å². The molecule has 0 spiro atoms. The molecule has 0 saturated heterocycles. The van der Waals surface area contributed by atoms with Crippen LogP contribution in [0.2, 0.25) is 0 Å². The second-order valence-corrected chi connectivity index (χ2v) is 10.5. The third-order valence-electron chi connectivity index (χ3n) is 5.28. The van der Waals surface area contributed by atoms with Gasteiger partial charge in [0, 0.05) is 23.6 Å². The molecule has 0 saturated carbocycles. The Balaban J connectivity index is -0.000000240. The van der Waals surface area contributed by atoms with Gasteiger partial charge in [0.15, 0.2) is 0 Å². The van der Waals surface area contributed by atoms with E-state index in [1.165, 1.54) is 128 Å². The van der Waals surface area contributed by atoms with Gasteiger partial charge in [0.2, 0.25) is 0 Å². The molecule has 2 N–H and O–H groups in total. The predicted molar refractivity (Wildman–Crippen MR) is 139 cm³/mol. The largest absolute Gasteiger partial charge is 1.00 e. The van der Waals surface area contributed by atoms with Gasteiger partial charge in [-0.3, -0.25) is 17.5 Å². The Morgan fingerprint density at radius 3 is 0.838 bits per heavy atom. The third-order valence-corrected chi connectivity index (χ3v) is 5.28. The molecule has 0 aromatic rings. The second kappa shape index (κ2) is 37.7. The normalized spacial score (nSPS) is 10.8. The van der Waals surface area contributed by atoms with Crippen molar-refractivity contribution in [2.45, 2.75) is 142 Å². The molecule has 216 valence electrons. The van der Waals surface area contributed by atoms with Gasteiger partial charge in [-0.15, -0.1) is 0 Å². The van der Waals surface area contributed by atoms with Crippen LogP contribution in [0.4, 0.5) is 0 Å². The van der Waals surface area contributed by atoms with Gasteiger partial charge < -0.3 is 13.8 Å². The van der Waals surface area contributed by atoms with Crippen LogP contribution in [0.5, 0.6) is 0 Å². The molecule has 0 radical (unpaired) electrons. The van der Waals surface area contributed by atoms with Crippen LogP contribution >= 0.6 is 0 Å². The minimum Gasteiger partial charge on any atom is -0.759 e. The average Bonchev–Trinajstić information content (AvgIpc) is 2.72. The van der Waals surface area contributed by atoms with Crippen LogP contribution in [0.15, 0.2) is 0 Å². The first kappa shape index (κ1) is 48.4. The molecule has 0 fully saturated rings. The molecule has 0 atom stereocenters. The van der Waals surface area contributed by atoms with Crippen LogP contribution in [-0.4, -0.2) is 48.3 Å². The summed E-state index contributed by atoms with van der Waals surface area (Å²) in [5, 5.41) is 0. The molecule has 37 heavy (non-hydrogen) atoms. The summed E-state index contributed by atoms with van der Waals surface area (Å²) >= 11 is 0. The fourth-order valence-electron chi connectivity index (χ4n) is 3.49. The molecule has 0 aromatic heterocycles. The summed E-state index contributed by atoms with van der Waals surface area (Å²) in [4.78, 5) is 0. The van der Waals surface area contributed by atoms with E-state index in [0.29, 0.717) is 0 Å². The summed E-state index contributed by atoms with van der Waals surface area (Å²) in [7, 11) is -9.83. The van der Waals surface area contributed by atoms with Crippen molar-refractivity contribution in [2.24, 2.45) is 0 Å². The first-order valence-electron chi connectivity index (χ1n) is 13.4. The number of rotatable bonds is 22. The van der Waals surface area contributed by atoms with E-state index in [1.54, 1.807) is 0 Å². The maximum atomic E-state index is 8.74. The summed E-state index contributed by atoms with van der Waals surface area (Å²) in [6, 6.07) is 0.